The lowest BCUT2D eigenvalue weighted by Crippen LogP contribution is -2.56. The van der Waals surface area contributed by atoms with Crippen molar-refractivity contribution >= 4 is 5.69 Å². The van der Waals surface area contributed by atoms with Gasteiger partial charge in [0.1, 0.15) is 11.5 Å². The van der Waals surface area contributed by atoms with Crippen LogP contribution in [0, 0.1) is 0 Å². The zero-order chi connectivity index (χ0) is 18.8. The molecule has 2 atom stereocenters. The number of hydrogen-bond donors (Lipinski definition) is 1. The number of ether oxygens (including phenoxy) is 2. The second kappa shape index (κ2) is 7.79. The maximum absolute atomic E-state index is 10.8. The first-order valence-electron chi connectivity index (χ1n) is 9.66. The van der Waals surface area contributed by atoms with Gasteiger partial charge in [-0.15, -0.1) is 0 Å². The van der Waals surface area contributed by atoms with Crippen molar-refractivity contribution in [3.63, 3.8) is 0 Å². The molecule has 1 heterocycles. The van der Waals surface area contributed by atoms with Crippen molar-refractivity contribution in [3.8, 4) is 11.5 Å². The Kier molecular flexibility index (Phi) is 5.23. The number of aliphatic hydroxyl groups excluding tert-OH is 1. The van der Waals surface area contributed by atoms with Gasteiger partial charge in [0, 0.05) is 38.6 Å². The molecule has 5 heteroatoms. The zero-order valence-electron chi connectivity index (χ0n) is 16.1. The number of hydrogen-bond acceptors (Lipinski definition) is 5. The maximum atomic E-state index is 10.8. The summed E-state index contributed by atoms with van der Waals surface area (Å²) >= 11 is 0. The van der Waals surface area contributed by atoms with E-state index >= 15 is 0 Å². The molecule has 1 aliphatic carbocycles. The molecule has 27 heavy (non-hydrogen) atoms. The van der Waals surface area contributed by atoms with Crippen LogP contribution in [0.25, 0.3) is 0 Å². The SMILES string of the molecule is COc1ccccc1N1CCN(C2Cc3cccc(OC)c3CC2O)CC1. The van der Waals surface area contributed by atoms with Crippen molar-refractivity contribution < 1.29 is 14.6 Å². The molecule has 1 fully saturated rings. The average Bonchev–Trinajstić information content (AvgIpc) is 2.73. The van der Waals surface area contributed by atoms with Crippen molar-refractivity contribution in [3.05, 3.63) is 53.6 Å². The molecule has 2 aromatic rings. The Morgan fingerprint density at radius 3 is 2.30 bits per heavy atom. The van der Waals surface area contributed by atoms with Gasteiger partial charge in [-0.2, -0.15) is 0 Å². The molecule has 2 aromatic carbocycles. The van der Waals surface area contributed by atoms with Crippen LogP contribution in [0.1, 0.15) is 11.1 Å². The Hall–Kier alpha value is -2.24. The first-order chi connectivity index (χ1) is 13.2. The van der Waals surface area contributed by atoms with Crippen molar-refractivity contribution in [2.24, 2.45) is 0 Å². The van der Waals surface area contributed by atoms with Crippen LogP contribution < -0.4 is 14.4 Å². The zero-order valence-corrected chi connectivity index (χ0v) is 16.1. The molecule has 5 nitrogen and oxygen atoms in total. The third-order valence-electron chi connectivity index (χ3n) is 5.95. The summed E-state index contributed by atoms with van der Waals surface area (Å²) < 4.78 is 11.0. The highest BCUT2D eigenvalue weighted by Gasteiger charge is 2.34. The molecule has 144 valence electrons. The first-order valence-corrected chi connectivity index (χ1v) is 9.66. The second-order valence-electron chi connectivity index (χ2n) is 7.34. The van der Waals surface area contributed by atoms with E-state index in [9.17, 15) is 5.11 Å². The highest BCUT2D eigenvalue weighted by atomic mass is 16.5. The van der Waals surface area contributed by atoms with Crippen LogP contribution in [0.3, 0.4) is 0 Å². The Morgan fingerprint density at radius 2 is 1.56 bits per heavy atom. The number of benzene rings is 2. The van der Waals surface area contributed by atoms with Gasteiger partial charge in [0.15, 0.2) is 0 Å². The highest BCUT2D eigenvalue weighted by Crippen LogP contribution is 2.33. The van der Waals surface area contributed by atoms with E-state index in [0.29, 0.717) is 6.42 Å². The average molecular weight is 368 g/mol. The van der Waals surface area contributed by atoms with Gasteiger partial charge < -0.3 is 19.5 Å². The molecular weight excluding hydrogens is 340 g/mol. The number of aliphatic hydroxyl groups is 1. The highest BCUT2D eigenvalue weighted by molar-refractivity contribution is 5.58. The number of fused-ring (bicyclic) bond motifs is 1. The number of para-hydroxylation sites is 2. The van der Waals surface area contributed by atoms with E-state index < -0.39 is 0 Å². The number of rotatable bonds is 4. The summed E-state index contributed by atoms with van der Waals surface area (Å²) in [5.74, 6) is 1.82. The minimum atomic E-state index is -0.355. The van der Waals surface area contributed by atoms with E-state index in [4.69, 9.17) is 9.47 Å². The van der Waals surface area contributed by atoms with Gasteiger partial charge >= 0.3 is 0 Å². The summed E-state index contributed by atoms with van der Waals surface area (Å²) in [5, 5.41) is 10.8. The van der Waals surface area contributed by atoms with E-state index in [2.05, 4.69) is 28.0 Å². The summed E-state index contributed by atoms with van der Waals surface area (Å²) in [6.07, 6.45) is 1.19. The van der Waals surface area contributed by atoms with Gasteiger partial charge in [-0.1, -0.05) is 24.3 Å². The fourth-order valence-corrected chi connectivity index (χ4v) is 4.49. The predicted octanol–water partition coefficient (Wildman–Crippen LogP) is 2.35. The lowest BCUT2D eigenvalue weighted by atomic mass is 9.84. The van der Waals surface area contributed by atoms with Gasteiger partial charge in [0.05, 0.1) is 26.0 Å². The third kappa shape index (κ3) is 3.49. The Balaban J connectivity index is 1.45. The van der Waals surface area contributed by atoms with Gasteiger partial charge in [0.25, 0.3) is 0 Å². The van der Waals surface area contributed by atoms with Crippen LogP contribution in [-0.4, -0.2) is 62.6 Å². The van der Waals surface area contributed by atoms with Crippen molar-refractivity contribution in [2.75, 3.05) is 45.3 Å². The number of anilines is 1. The molecule has 4 rings (SSSR count). The molecule has 0 amide bonds. The predicted molar refractivity (Wildman–Crippen MR) is 107 cm³/mol. The monoisotopic (exact) mass is 368 g/mol. The van der Waals surface area contributed by atoms with Crippen molar-refractivity contribution in [2.45, 2.75) is 25.0 Å². The Bertz CT molecular complexity index is 787. The van der Waals surface area contributed by atoms with Crippen molar-refractivity contribution in [1.29, 1.82) is 0 Å². The summed E-state index contributed by atoms with van der Waals surface area (Å²) in [6, 6.07) is 14.6. The molecule has 1 N–H and O–H groups in total. The lowest BCUT2D eigenvalue weighted by Gasteiger charge is -2.44. The molecule has 2 unspecified atom stereocenters. The quantitative estimate of drug-likeness (QED) is 0.898. The Morgan fingerprint density at radius 1 is 0.852 bits per heavy atom. The molecule has 0 radical (unpaired) electrons. The summed E-state index contributed by atoms with van der Waals surface area (Å²) in [4.78, 5) is 4.82. The summed E-state index contributed by atoms with van der Waals surface area (Å²) in [7, 11) is 3.42. The molecule has 0 saturated carbocycles. The van der Waals surface area contributed by atoms with Gasteiger partial charge in [-0.05, 0) is 35.7 Å². The van der Waals surface area contributed by atoms with E-state index in [1.807, 2.05) is 24.3 Å². The molecule has 1 saturated heterocycles. The maximum Gasteiger partial charge on any atom is 0.142 e. The number of piperazine rings is 1. The minimum Gasteiger partial charge on any atom is -0.496 e. The van der Waals surface area contributed by atoms with Crippen molar-refractivity contribution in [1.82, 2.24) is 4.90 Å². The normalized spacial score (nSPS) is 23.0. The molecule has 0 aromatic heterocycles. The van der Waals surface area contributed by atoms with E-state index in [1.165, 1.54) is 5.56 Å². The van der Waals surface area contributed by atoms with Crippen LogP contribution in [0.4, 0.5) is 5.69 Å². The Labute approximate surface area is 161 Å². The third-order valence-corrected chi connectivity index (χ3v) is 5.95. The standard InChI is InChI=1S/C22H28N2O3/c1-26-21-9-5-6-16-14-19(20(25)15-17(16)21)24-12-10-23(11-13-24)18-7-3-4-8-22(18)27-2/h3-9,19-20,25H,10-15H2,1-2H3. The number of nitrogens with zero attached hydrogens (tertiary/aromatic N) is 2. The topological polar surface area (TPSA) is 45.2 Å². The van der Waals surface area contributed by atoms with Crippen LogP contribution in [0.5, 0.6) is 11.5 Å². The second-order valence-corrected chi connectivity index (χ2v) is 7.34. The summed E-state index contributed by atoms with van der Waals surface area (Å²) in [6.45, 7) is 3.77. The molecule has 1 aliphatic heterocycles. The van der Waals surface area contributed by atoms with Crippen LogP contribution in [-0.2, 0) is 12.8 Å². The lowest BCUT2D eigenvalue weighted by molar-refractivity contribution is 0.0389. The molecule has 0 bridgehead atoms. The van der Waals surface area contributed by atoms with E-state index in [1.54, 1.807) is 14.2 Å². The van der Waals surface area contributed by atoms with E-state index in [0.717, 1.165) is 55.3 Å². The summed E-state index contributed by atoms with van der Waals surface area (Å²) in [5.41, 5.74) is 3.62. The fraction of sp³-hybridized carbons (Fsp3) is 0.455. The minimum absolute atomic E-state index is 0.171. The largest absolute Gasteiger partial charge is 0.496 e. The van der Waals surface area contributed by atoms with Crippen LogP contribution in [0.2, 0.25) is 0 Å². The van der Waals surface area contributed by atoms with Gasteiger partial charge in [0.2, 0.25) is 0 Å². The number of methoxy groups -OCH3 is 2. The van der Waals surface area contributed by atoms with Gasteiger partial charge in [-0.25, -0.2) is 0 Å². The van der Waals surface area contributed by atoms with Gasteiger partial charge in [-0.3, -0.25) is 4.90 Å². The van der Waals surface area contributed by atoms with Crippen LogP contribution >= 0.6 is 0 Å². The molecule has 0 spiro atoms. The molecular formula is C22H28N2O3. The first kappa shape index (κ1) is 18.1. The van der Waals surface area contributed by atoms with E-state index in [-0.39, 0.29) is 12.1 Å². The fourth-order valence-electron chi connectivity index (χ4n) is 4.49. The molecule has 2 aliphatic rings. The van der Waals surface area contributed by atoms with Crippen LogP contribution in [0.15, 0.2) is 42.5 Å². The smallest absolute Gasteiger partial charge is 0.142 e.